The minimum Gasteiger partial charge on any atom is -0.508 e. The van der Waals surface area contributed by atoms with E-state index in [4.69, 9.17) is 19.3 Å². The number of aliphatic carboxylic acids is 1. The van der Waals surface area contributed by atoms with Gasteiger partial charge in [0.05, 0.1) is 13.2 Å². The van der Waals surface area contributed by atoms with E-state index in [9.17, 15) is 14.3 Å². The number of carboxylic acid groups (broad SMARTS) is 1. The van der Waals surface area contributed by atoms with Crippen LogP contribution < -0.4 is 14.2 Å². The lowest BCUT2D eigenvalue weighted by atomic mass is 10.00. The highest BCUT2D eigenvalue weighted by Gasteiger charge is 2.15. The number of rotatable bonds is 14. The largest absolute Gasteiger partial charge is 0.508 e. The summed E-state index contributed by atoms with van der Waals surface area (Å²) in [6.45, 7) is 3.13. The number of hydrogen-bond acceptors (Lipinski definition) is 5. The molecule has 208 valence electrons. The zero-order valence-corrected chi connectivity index (χ0v) is 22.4. The Bertz CT molecular complexity index is 1400. The summed E-state index contributed by atoms with van der Waals surface area (Å²) in [7, 11) is 0. The zero-order chi connectivity index (χ0) is 28.3. The summed E-state index contributed by atoms with van der Waals surface area (Å²) in [5.74, 6) is 0.597. The number of aromatic hydroxyl groups is 1. The number of hydrogen-bond donors (Lipinski definition) is 2. The van der Waals surface area contributed by atoms with Crippen LogP contribution in [0.2, 0.25) is 0 Å². The summed E-state index contributed by atoms with van der Waals surface area (Å²) < 4.78 is 31.8. The van der Waals surface area contributed by atoms with Crippen LogP contribution in [-0.2, 0) is 24.2 Å². The Morgan fingerprint density at radius 1 is 0.825 bits per heavy atom. The normalized spacial score (nSPS) is 10.8. The van der Waals surface area contributed by atoms with Gasteiger partial charge in [-0.3, -0.25) is 4.79 Å². The van der Waals surface area contributed by atoms with Crippen molar-refractivity contribution in [3.8, 4) is 34.1 Å². The Morgan fingerprint density at radius 3 is 2.25 bits per heavy atom. The molecule has 0 amide bonds. The van der Waals surface area contributed by atoms with Gasteiger partial charge in [-0.15, -0.1) is 0 Å². The molecule has 2 N–H and O–H groups in total. The number of carbonyl (C=O) groups is 1. The lowest BCUT2D eigenvalue weighted by Gasteiger charge is -2.18. The number of phenolic OH excluding ortho intramolecular Hbond substituents is 1. The van der Waals surface area contributed by atoms with Crippen LogP contribution in [0.25, 0.3) is 11.1 Å². The van der Waals surface area contributed by atoms with Crippen molar-refractivity contribution in [3.63, 3.8) is 0 Å². The van der Waals surface area contributed by atoms with E-state index in [0.29, 0.717) is 49.1 Å². The average molecular weight is 545 g/mol. The molecule has 0 spiro atoms. The molecule has 4 aromatic carbocycles. The maximum Gasteiger partial charge on any atom is 0.303 e. The molecule has 0 saturated carbocycles. The van der Waals surface area contributed by atoms with Gasteiger partial charge in [0.2, 0.25) is 0 Å². The van der Waals surface area contributed by atoms with Gasteiger partial charge in [0.15, 0.2) is 0 Å². The van der Waals surface area contributed by atoms with Crippen LogP contribution in [0.1, 0.15) is 36.5 Å². The third-order valence-corrected chi connectivity index (χ3v) is 6.44. The summed E-state index contributed by atoms with van der Waals surface area (Å²) in [6, 6.07) is 25.0. The maximum absolute atomic E-state index is 13.6. The molecule has 0 heterocycles. The van der Waals surface area contributed by atoms with Crippen LogP contribution in [0, 0.1) is 5.82 Å². The molecule has 0 aromatic heterocycles. The Labute approximate surface area is 233 Å². The Kier molecular flexibility index (Phi) is 9.99. The van der Waals surface area contributed by atoms with Gasteiger partial charge in [0.25, 0.3) is 0 Å². The molecule has 0 fully saturated rings. The quantitative estimate of drug-likeness (QED) is 0.163. The lowest BCUT2D eigenvalue weighted by Crippen LogP contribution is -2.08. The maximum atomic E-state index is 13.6. The van der Waals surface area contributed by atoms with Gasteiger partial charge in [0.1, 0.15) is 35.4 Å². The van der Waals surface area contributed by atoms with Crippen molar-refractivity contribution in [2.45, 2.75) is 39.2 Å². The van der Waals surface area contributed by atoms with E-state index in [1.165, 1.54) is 18.2 Å². The fraction of sp³-hybridized carbons (Fsp3) is 0.242. The molecular weight excluding hydrogens is 511 g/mol. The van der Waals surface area contributed by atoms with Gasteiger partial charge >= 0.3 is 5.97 Å². The first kappa shape index (κ1) is 28.5. The molecular formula is C33H33FO6. The smallest absolute Gasteiger partial charge is 0.303 e. The Hall–Kier alpha value is -4.52. The molecule has 0 radical (unpaired) electrons. The minimum atomic E-state index is -0.938. The van der Waals surface area contributed by atoms with Crippen LogP contribution in [0.5, 0.6) is 23.0 Å². The number of carboxylic acids is 1. The molecule has 0 aliphatic heterocycles. The monoisotopic (exact) mass is 544 g/mol. The molecule has 0 unspecified atom stereocenters. The van der Waals surface area contributed by atoms with Crippen LogP contribution >= 0.6 is 0 Å². The Morgan fingerprint density at radius 2 is 1.55 bits per heavy atom. The van der Waals surface area contributed by atoms with Crippen LogP contribution in [0.3, 0.4) is 0 Å². The van der Waals surface area contributed by atoms with Gasteiger partial charge in [-0.1, -0.05) is 55.5 Å². The Balaban J connectivity index is 1.45. The van der Waals surface area contributed by atoms with Crippen molar-refractivity contribution in [3.05, 3.63) is 107 Å². The number of halogens is 1. The van der Waals surface area contributed by atoms with Crippen LogP contribution in [-0.4, -0.2) is 29.4 Å². The van der Waals surface area contributed by atoms with E-state index in [1.54, 1.807) is 24.3 Å². The van der Waals surface area contributed by atoms with Gasteiger partial charge in [-0.2, -0.15) is 0 Å². The first-order chi connectivity index (χ1) is 19.4. The molecule has 0 aliphatic carbocycles. The molecule has 0 aliphatic rings. The highest BCUT2D eigenvalue weighted by molar-refractivity contribution is 5.73. The lowest BCUT2D eigenvalue weighted by molar-refractivity contribution is -0.136. The topological polar surface area (TPSA) is 85.2 Å². The molecule has 6 nitrogen and oxygen atoms in total. The summed E-state index contributed by atoms with van der Waals surface area (Å²) in [4.78, 5) is 11.0. The first-order valence-corrected chi connectivity index (χ1v) is 13.3. The van der Waals surface area contributed by atoms with Gasteiger partial charge in [-0.05, 0) is 59.9 Å². The van der Waals surface area contributed by atoms with Crippen LogP contribution in [0.15, 0.2) is 84.9 Å². The van der Waals surface area contributed by atoms with Gasteiger partial charge < -0.3 is 24.4 Å². The highest BCUT2D eigenvalue weighted by Crippen LogP contribution is 2.37. The number of benzene rings is 4. The predicted octanol–water partition coefficient (Wildman–Crippen LogP) is 7.20. The standard InChI is InChI=1S/C33H33FO6/c1-2-24-20-28(25-12-14-26(34)15-13-25)32(40-22-23-8-4-3-5-9-23)21-31(24)39-19-7-18-38-30-11-6-10-29(35)27(30)16-17-33(36)37/h3-6,8-15,20-21,35H,2,7,16-19,22H2,1H3,(H,36,37). The van der Waals surface area contributed by atoms with Crippen LogP contribution in [0.4, 0.5) is 4.39 Å². The summed E-state index contributed by atoms with van der Waals surface area (Å²) in [5, 5.41) is 19.1. The number of ether oxygens (including phenoxy) is 3. The summed E-state index contributed by atoms with van der Waals surface area (Å²) in [5.41, 5.74) is 4.22. The molecule has 0 atom stereocenters. The van der Waals surface area contributed by atoms with Gasteiger partial charge in [-0.25, -0.2) is 4.39 Å². The number of aryl methyl sites for hydroxylation is 1. The highest BCUT2D eigenvalue weighted by atomic mass is 19.1. The molecule has 4 aromatic rings. The average Bonchev–Trinajstić information content (AvgIpc) is 2.96. The SMILES string of the molecule is CCc1cc(-c2ccc(F)cc2)c(OCc2ccccc2)cc1OCCCOc1cccc(O)c1CCC(=O)O. The van der Waals surface area contributed by atoms with E-state index in [0.717, 1.165) is 28.7 Å². The second kappa shape index (κ2) is 14.0. The minimum absolute atomic E-state index is 0.0202. The first-order valence-electron chi connectivity index (χ1n) is 13.3. The third kappa shape index (κ3) is 7.76. The molecule has 7 heteroatoms. The van der Waals surface area contributed by atoms with Crippen molar-refractivity contribution in [2.24, 2.45) is 0 Å². The van der Waals surface area contributed by atoms with E-state index < -0.39 is 5.97 Å². The summed E-state index contributed by atoms with van der Waals surface area (Å²) in [6.07, 6.45) is 1.38. The predicted molar refractivity (Wildman–Crippen MR) is 152 cm³/mol. The molecule has 4 rings (SSSR count). The molecule has 40 heavy (non-hydrogen) atoms. The van der Waals surface area contributed by atoms with Gasteiger partial charge in [0, 0.05) is 30.0 Å². The van der Waals surface area contributed by atoms with Crippen molar-refractivity contribution in [1.82, 2.24) is 0 Å². The third-order valence-electron chi connectivity index (χ3n) is 6.44. The van der Waals surface area contributed by atoms with Crippen molar-refractivity contribution in [2.75, 3.05) is 13.2 Å². The van der Waals surface area contributed by atoms with Crippen molar-refractivity contribution < 1.29 is 33.6 Å². The van der Waals surface area contributed by atoms with Crippen molar-refractivity contribution in [1.29, 1.82) is 0 Å². The fourth-order valence-corrected chi connectivity index (χ4v) is 4.32. The summed E-state index contributed by atoms with van der Waals surface area (Å²) >= 11 is 0. The fourth-order valence-electron chi connectivity index (χ4n) is 4.32. The van der Waals surface area contributed by atoms with E-state index >= 15 is 0 Å². The second-order valence-electron chi connectivity index (χ2n) is 9.29. The number of phenols is 1. The molecule has 0 bridgehead atoms. The van der Waals surface area contributed by atoms with Crippen molar-refractivity contribution >= 4 is 5.97 Å². The van der Waals surface area contributed by atoms with E-state index in [2.05, 4.69) is 0 Å². The zero-order valence-electron chi connectivity index (χ0n) is 22.4. The second-order valence-corrected chi connectivity index (χ2v) is 9.29. The van der Waals surface area contributed by atoms with E-state index in [1.807, 2.05) is 49.4 Å². The molecule has 0 saturated heterocycles. The van der Waals surface area contributed by atoms with E-state index in [-0.39, 0.29) is 24.4 Å².